The largest absolute Gasteiger partial charge is 0.480 e. The molecular weight excluding hydrogens is 202 g/mol. The summed E-state index contributed by atoms with van der Waals surface area (Å²) >= 11 is 0. The predicted molar refractivity (Wildman–Crippen MR) is 65.5 cm³/mol. The van der Waals surface area contributed by atoms with Crippen molar-refractivity contribution >= 4 is 5.97 Å². The zero-order chi connectivity index (χ0) is 12.0. The lowest BCUT2D eigenvalue weighted by Crippen LogP contribution is -2.46. The second-order valence-corrected chi connectivity index (χ2v) is 4.91. The lowest BCUT2D eigenvalue weighted by atomic mass is 9.93. The van der Waals surface area contributed by atoms with E-state index in [1.165, 1.54) is 12.8 Å². The zero-order valence-electron chi connectivity index (χ0n) is 10.6. The van der Waals surface area contributed by atoms with E-state index in [0.717, 1.165) is 38.8 Å². The summed E-state index contributed by atoms with van der Waals surface area (Å²) in [6, 6.07) is -0.241. The van der Waals surface area contributed by atoms with Crippen LogP contribution in [0.2, 0.25) is 0 Å². The summed E-state index contributed by atoms with van der Waals surface area (Å²) in [4.78, 5) is 13.4. The monoisotopic (exact) mass is 227 g/mol. The quantitative estimate of drug-likeness (QED) is 0.758. The first-order valence-electron chi connectivity index (χ1n) is 6.65. The minimum Gasteiger partial charge on any atom is -0.480 e. The Bertz CT molecular complexity index is 218. The Labute approximate surface area is 98.8 Å². The highest BCUT2D eigenvalue weighted by atomic mass is 16.4. The third-order valence-electron chi connectivity index (χ3n) is 3.68. The van der Waals surface area contributed by atoms with Gasteiger partial charge in [0.1, 0.15) is 6.04 Å². The second kappa shape index (κ2) is 6.89. The van der Waals surface area contributed by atoms with Crippen molar-refractivity contribution in [2.24, 2.45) is 5.92 Å². The van der Waals surface area contributed by atoms with Crippen molar-refractivity contribution in [2.75, 3.05) is 13.1 Å². The van der Waals surface area contributed by atoms with Crippen LogP contribution in [0.15, 0.2) is 0 Å². The van der Waals surface area contributed by atoms with E-state index >= 15 is 0 Å². The number of carboxylic acid groups (broad SMARTS) is 1. The predicted octanol–water partition coefficient (Wildman–Crippen LogP) is 2.75. The molecule has 1 aliphatic rings. The minimum absolute atomic E-state index is 0.241. The first kappa shape index (κ1) is 13.5. The van der Waals surface area contributed by atoms with Crippen LogP contribution in [0.5, 0.6) is 0 Å². The van der Waals surface area contributed by atoms with E-state index in [9.17, 15) is 9.90 Å². The van der Waals surface area contributed by atoms with Gasteiger partial charge in [0.05, 0.1) is 0 Å². The van der Waals surface area contributed by atoms with Crippen molar-refractivity contribution in [1.29, 1.82) is 0 Å². The smallest absolute Gasteiger partial charge is 0.320 e. The van der Waals surface area contributed by atoms with E-state index in [1.807, 2.05) is 0 Å². The van der Waals surface area contributed by atoms with Gasteiger partial charge in [-0.15, -0.1) is 0 Å². The van der Waals surface area contributed by atoms with E-state index in [0.29, 0.717) is 5.92 Å². The fraction of sp³-hybridized carbons (Fsp3) is 0.923. The van der Waals surface area contributed by atoms with Crippen molar-refractivity contribution in [3.8, 4) is 0 Å². The highest BCUT2D eigenvalue weighted by Gasteiger charge is 2.28. The van der Waals surface area contributed by atoms with Crippen LogP contribution in [-0.4, -0.2) is 35.1 Å². The van der Waals surface area contributed by atoms with Gasteiger partial charge in [-0.25, -0.2) is 0 Å². The fourth-order valence-corrected chi connectivity index (χ4v) is 2.57. The molecule has 1 rings (SSSR count). The molecule has 0 aromatic rings. The Morgan fingerprint density at radius 2 is 2.25 bits per heavy atom. The number of carbonyl (C=O) groups is 1. The molecule has 0 saturated carbocycles. The molecule has 16 heavy (non-hydrogen) atoms. The molecule has 0 radical (unpaired) electrons. The van der Waals surface area contributed by atoms with Gasteiger partial charge in [-0.1, -0.05) is 33.1 Å². The molecule has 3 nitrogen and oxygen atoms in total. The number of likely N-dealkylation sites (tertiary alicyclic amines) is 1. The summed E-state index contributed by atoms with van der Waals surface area (Å²) in [6.07, 6.45) is 6.51. The number of unbranched alkanes of at least 4 members (excludes halogenated alkanes) is 1. The average molecular weight is 227 g/mol. The topological polar surface area (TPSA) is 40.5 Å². The molecule has 1 aliphatic heterocycles. The fourth-order valence-electron chi connectivity index (χ4n) is 2.57. The van der Waals surface area contributed by atoms with Gasteiger partial charge < -0.3 is 5.11 Å². The molecule has 3 heteroatoms. The van der Waals surface area contributed by atoms with Gasteiger partial charge in [-0.05, 0) is 31.7 Å². The van der Waals surface area contributed by atoms with Crippen molar-refractivity contribution in [1.82, 2.24) is 4.90 Å². The second-order valence-electron chi connectivity index (χ2n) is 4.91. The molecule has 2 unspecified atom stereocenters. The summed E-state index contributed by atoms with van der Waals surface area (Å²) in [5.41, 5.74) is 0. The number of hydrogen-bond donors (Lipinski definition) is 1. The molecule has 0 amide bonds. The number of hydrogen-bond acceptors (Lipinski definition) is 2. The Morgan fingerprint density at radius 1 is 1.50 bits per heavy atom. The van der Waals surface area contributed by atoms with Crippen molar-refractivity contribution in [3.05, 3.63) is 0 Å². The molecule has 0 aromatic heterocycles. The molecule has 1 N–H and O–H groups in total. The SMILES string of the molecule is CCCCC(C(=O)O)N1CCCC(CC)C1. The van der Waals surface area contributed by atoms with E-state index in [4.69, 9.17) is 0 Å². The normalized spacial score (nSPS) is 24.2. The van der Waals surface area contributed by atoms with Gasteiger partial charge in [-0.3, -0.25) is 9.69 Å². The maximum absolute atomic E-state index is 11.3. The van der Waals surface area contributed by atoms with Crippen LogP contribution in [0.4, 0.5) is 0 Å². The standard InChI is InChI=1S/C13H25NO2/c1-3-5-8-12(13(15)16)14-9-6-7-11(4-2)10-14/h11-12H,3-10H2,1-2H3,(H,15,16). The van der Waals surface area contributed by atoms with Gasteiger partial charge in [0.25, 0.3) is 0 Å². The van der Waals surface area contributed by atoms with Gasteiger partial charge in [0.2, 0.25) is 0 Å². The summed E-state index contributed by atoms with van der Waals surface area (Å²) < 4.78 is 0. The number of rotatable bonds is 6. The summed E-state index contributed by atoms with van der Waals surface area (Å²) in [5, 5.41) is 9.27. The van der Waals surface area contributed by atoms with Gasteiger partial charge in [-0.2, -0.15) is 0 Å². The lowest BCUT2D eigenvalue weighted by Gasteiger charge is -2.36. The first-order valence-corrected chi connectivity index (χ1v) is 6.65. The van der Waals surface area contributed by atoms with Crippen LogP contribution in [0.3, 0.4) is 0 Å². The van der Waals surface area contributed by atoms with Crippen molar-refractivity contribution in [3.63, 3.8) is 0 Å². The van der Waals surface area contributed by atoms with Gasteiger partial charge >= 0.3 is 5.97 Å². The molecule has 1 heterocycles. The van der Waals surface area contributed by atoms with Crippen LogP contribution < -0.4 is 0 Å². The molecule has 1 fully saturated rings. The summed E-state index contributed by atoms with van der Waals surface area (Å²) in [7, 11) is 0. The number of nitrogens with zero attached hydrogens (tertiary/aromatic N) is 1. The van der Waals surface area contributed by atoms with E-state index in [1.54, 1.807) is 0 Å². The maximum Gasteiger partial charge on any atom is 0.320 e. The maximum atomic E-state index is 11.3. The van der Waals surface area contributed by atoms with Crippen LogP contribution >= 0.6 is 0 Å². The Hall–Kier alpha value is -0.570. The third-order valence-corrected chi connectivity index (χ3v) is 3.68. The summed E-state index contributed by atoms with van der Waals surface area (Å²) in [6.45, 7) is 6.27. The zero-order valence-corrected chi connectivity index (χ0v) is 10.6. The highest BCUT2D eigenvalue weighted by molar-refractivity contribution is 5.73. The number of piperidine rings is 1. The molecule has 0 aliphatic carbocycles. The van der Waals surface area contributed by atoms with E-state index in [-0.39, 0.29) is 6.04 Å². The van der Waals surface area contributed by atoms with Gasteiger partial charge in [0, 0.05) is 6.54 Å². The molecule has 0 bridgehead atoms. The van der Waals surface area contributed by atoms with E-state index < -0.39 is 5.97 Å². The van der Waals surface area contributed by atoms with Crippen molar-refractivity contribution < 1.29 is 9.90 Å². The molecular formula is C13H25NO2. The number of aliphatic carboxylic acids is 1. The highest BCUT2D eigenvalue weighted by Crippen LogP contribution is 2.22. The van der Waals surface area contributed by atoms with Crippen LogP contribution in [0.1, 0.15) is 52.4 Å². The first-order chi connectivity index (χ1) is 7.69. The van der Waals surface area contributed by atoms with Crippen LogP contribution in [0, 0.1) is 5.92 Å². The average Bonchev–Trinajstić information content (AvgIpc) is 2.29. The number of carboxylic acids is 1. The van der Waals surface area contributed by atoms with E-state index in [2.05, 4.69) is 18.7 Å². The molecule has 1 saturated heterocycles. The molecule has 94 valence electrons. The van der Waals surface area contributed by atoms with Crippen molar-refractivity contribution in [2.45, 2.75) is 58.4 Å². The van der Waals surface area contributed by atoms with Gasteiger partial charge in [0.15, 0.2) is 0 Å². The Morgan fingerprint density at radius 3 is 2.81 bits per heavy atom. The summed E-state index contributed by atoms with van der Waals surface area (Å²) in [5.74, 6) is 0.0717. The molecule has 2 atom stereocenters. The van der Waals surface area contributed by atoms with Crippen LogP contribution in [0.25, 0.3) is 0 Å². The Kier molecular flexibility index (Phi) is 5.81. The molecule has 0 spiro atoms. The minimum atomic E-state index is -0.634. The molecule has 0 aromatic carbocycles. The van der Waals surface area contributed by atoms with Crippen LogP contribution in [-0.2, 0) is 4.79 Å². The third kappa shape index (κ3) is 3.78. The Balaban J connectivity index is 2.52. The lowest BCUT2D eigenvalue weighted by molar-refractivity contribution is -0.144.